The van der Waals surface area contributed by atoms with Gasteiger partial charge in [0.1, 0.15) is 11.6 Å². The van der Waals surface area contributed by atoms with Crippen LogP contribution in [0, 0.1) is 0 Å². The van der Waals surface area contributed by atoms with Gasteiger partial charge in [0, 0.05) is 5.92 Å². The van der Waals surface area contributed by atoms with Gasteiger partial charge in [-0.05, 0) is 19.1 Å². The Morgan fingerprint density at radius 3 is 2.62 bits per heavy atom. The SMILES string of the molecule is CSCc1nc(N)nc(C2CCCCC2)n1. The van der Waals surface area contributed by atoms with Crippen LogP contribution in [0.25, 0.3) is 0 Å². The van der Waals surface area contributed by atoms with Crippen molar-refractivity contribution in [3.63, 3.8) is 0 Å². The number of nitrogens with two attached hydrogens (primary N) is 1. The van der Waals surface area contributed by atoms with E-state index in [9.17, 15) is 0 Å². The molecule has 16 heavy (non-hydrogen) atoms. The smallest absolute Gasteiger partial charge is 0.223 e. The van der Waals surface area contributed by atoms with Gasteiger partial charge in [0.15, 0.2) is 0 Å². The van der Waals surface area contributed by atoms with Crippen molar-refractivity contribution >= 4 is 17.7 Å². The fourth-order valence-electron chi connectivity index (χ4n) is 2.19. The number of hydrogen-bond acceptors (Lipinski definition) is 5. The molecule has 2 N–H and O–H groups in total. The van der Waals surface area contributed by atoms with E-state index in [0.717, 1.165) is 17.4 Å². The molecule has 1 aliphatic rings. The fraction of sp³-hybridized carbons (Fsp3) is 0.727. The maximum absolute atomic E-state index is 5.72. The summed E-state index contributed by atoms with van der Waals surface area (Å²) in [6.45, 7) is 0. The van der Waals surface area contributed by atoms with Crippen molar-refractivity contribution < 1.29 is 0 Å². The Balaban J connectivity index is 2.18. The molecule has 0 amide bonds. The molecule has 0 bridgehead atoms. The van der Waals surface area contributed by atoms with Crippen molar-refractivity contribution in [2.24, 2.45) is 0 Å². The summed E-state index contributed by atoms with van der Waals surface area (Å²) in [5, 5.41) is 0. The first-order valence-electron chi connectivity index (χ1n) is 5.79. The lowest BCUT2D eigenvalue weighted by Gasteiger charge is -2.20. The highest BCUT2D eigenvalue weighted by Crippen LogP contribution is 2.30. The van der Waals surface area contributed by atoms with Crippen molar-refractivity contribution in [2.45, 2.75) is 43.8 Å². The Kier molecular flexibility index (Phi) is 3.98. The van der Waals surface area contributed by atoms with E-state index in [1.807, 2.05) is 6.26 Å². The molecule has 0 saturated heterocycles. The average molecular weight is 238 g/mol. The highest BCUT2D eigenvalue weighted by molar-refractivity contribution is 7.97. The summed E-state index contributed by atoms with van der Waals surface area (Å²) in [4.78, 5) is 13.0. The first kappa shape index (κ1) is 11.6. The van der Waals surface area contributed by atoms with Gasteiger partial charge in [-0.1, -0.05) is 19.3 Å². The van der Waals surface area contributed by atoms with Gasteiger partial charge in [-0.25, -0.2) is 4.98 Å². The number of nitrogens with zero attached hydrogens (tertiary/aromatic N) is 3. The molecule has 0 unspecified atom stereocenters. The summed E-state index contributed by atoms with van der Waals surface area (Å²) >= 11 is 1.71. The fourth-order valence-corrected chi connectivity index (χ4v) is 2.58. The van der Waals surface area contributed by atoms with Gasteiger partial charge in [0.25, 0.3) is 0 Å². The third kappa shape index (κ3) is 2.84. The van der Waals surface area contributed by atoms with Crippen LogP contribution in [0.4, 0.5) is 5.95 Å². The molecule has 0 spiro atoms. The summed E-state index contributed by atoms with van der Waals surface area (Å²) in [6, 6.07) is 0. The summed E-state index contributed by atoms with van der Waals surface area (Å²) in [6.07, 6.45) is 8.35. The molecule has 0 aromatic carbocycles. The lowest BCUT2D eigenvalue weighted by atomic mass is 9.89. The van der Waals surface area contributed by atoms with Crippen molar-refractivity contribution in [1.82, 2.24) is 15.0 Å². The van der Waals surface area contributed by atoms with Gasteiger partial charge in [0.05, 0.1) is 5.75 Å². The Hall–Kier alpha value is -0.840. The Morgan fingerprint density at radius 2 is 1.94 bits per heavy atom. The largest absolute Gasteiger partial charge is 0.368 e. The van der Waals surface area contributed by atoms with Crippen LogP contribution >= 0.6 is 11.8 Å². The van der Waals surface area contributed by atoms with Crippen LogP contribution in [0.5, 0.6) is 0 Å². The number of hydrogen-bond donors (Lipinski definition) is 1. The number of anilines is 1. The van der Waals surface area contributed by atoms with Crippen LogP contribution in [-0.2, 0) is 5.75 Å². The number of rotatable bonds is 3. The number of aromatic nitrogens is 3. The normalized spacial score (nSPS) is 17.6. The first-order chi connectivity index (χ1) is 7.79. The zero-order chi connectivity index (χ0) is 11.4. The van der Waals surface area contributed by atoms with E-state index in [1.54, 1.807) is 11.8 Å². The standard InChI is InChI=1S/C11H18N4S/c1-16-7-9-13-10(15-11(12)14-9)8-5-3-2-4-6-8/h8H,2-7H2,1H3,(H2,12,13,14,15). The molecule has 1 aromatic rings. The molecule has 0 atom stereocenters. The Bertz CT molecular complexity index is 350. The molecule has 0 aliphatic heterocycles. The highest BCUT2D eigenvalue weighted by Gasteiger charge is 2.19. The summed E-state index contributed by atoms with van der Waals surface area (Å²) in [5.41, 5.74) is 5.72. The molecule has 1 aliphatic carbocycles. The van der Waals surface area contributed by atoms with Crippen LogP contribution < -0.4 is 5.73 Å². The minimum atomic E-state index is 0.375. The maximum Gasteiger partial charge on any atom is 0.223 e. The summed E-state index contributed by atoms with van der Waals surface area (Å²) < 4.78 is 0. The second-order valence-corrected chi connectivity index (χ2v) is 5.10. The zero-order valence-electron chi connectivity index (χ0n) is 9.65. The van der Waals surface area contributed by atoms with E-state index in [2.05, 4.69) is 15.0 Å². The molecule has 0 radical (unpaired) electrons. The molecule has 5 heteroatoms. The van der Waals surface area contributed by atoms with E-state index in [4.69, 9.17) is 5.73 Å². The first-order valence-corrected chi connectivity index (χ1v) is 7.18. The van der Waals surface area contributed by atoms with Crippen LogP contribution in [0.15, 0.2) is 0 Å². The molecule has 2 rings (SSSR count). The molecule has 1 heterocycles. The quantitative estimate of drug-likeness (QED) is 0.875. The second-order valence-electron chi connectivity index (χ2n) is 4.24. The summed E-state index contributed by atoms with van der Waals surface area (Å²) in [7, 11) is 0. The van der Waals surface area contributed by atoms with Crippen LogP contribution in [0.2, 0.25) is 0 Å². The zero-order valence-corrected chi connectivity index (χ0v) is 10.5. The highest BCUT2D eigenvalue weighted by atomic mass is 32.2. The molecule has 1 saturated carbocycles. The van der Waals surface area contributed by atoms with E-state index >= 15 is 0 Å². The molecule has 1 fully saturated rings. The van der Waals surface area contributed by atoms with Gasteiger partial charge in [0.2, 0.25) is 5.95 Å². The third-order valence-corrected chi connectivity index (χ3v) is 3.51. The number of thioether (sulfide) groups is 1. The second kappa shape index (κ2) is 5.48. The van der Waals surface area contributed by atoms with Gasteiger partial charge < -0.3 is 5.73 Å². The maximum atomic E-state index is 5.72. The average Bonchev–Trinajstić information content (AvgIpc) is 2.30. The molecule has 4 nitrogen and oxygen atoms in total. The molecule has 1 aromatic heterocycles. The third-order valence-electron chi connectivity index (χ3n) is 2.96. The molecular weight excluding hydrogens is 220 g/mol. The van der Waals surface area contributed by atoms with E-state index in [0.29, 0.717) is 11.9 Å². The molecular formula is C11H18N4S. The summed E-state index contributed by atoms with van der Waals surface area (Å²) in [5.74, 6) is 3.42. The molecule has 88 valence electrons. The van der Waals surface area contributed by atoms with Gasteiger partial charge in [-0.15, -0.1) is 0 Å². The van der Waals surface area contributed by atoms with Crippen molar-refractivity contribution in [3.05, 3.63) is 11.6 Å². The monoisotopic (exact) mass is 238 g/mol. The van der Waals surface area contributed by atoms with Crippen molar-refractivity contribution in [1.29, 1.82) is 0 Å². The van der Waals surface area contributed by atoms with Gasteiger partial charge in [-0.3, -0.25) is 0 Å². The minimum absolute atomic E-state index is 0.375. The topological polar surface area (TPSA) is 64.7 Å². The predicted molar refractivity (Wildman–Crippen MR) is 67.3 cm³/mol. The van der Waals surface area contributed by atoms with Crippen molar-refractivity contribution in [3.8, 4) is 0 Å². The van der Waals surface area contributed by atoms with E-state index < -0.39 is 0 Å². The Labute approximate surface area is 100 Å². The van der Waals surface area contributed by atoms with Crippen LogP contribution in [0.3, 0.4) is 0 Å². The predicted octanol–water partition coefficient (Wildman–Crippen LogP) is 2.36. The van der Waals surface area contributed by atoms with Gasteiger partial charge in [-0.2, -0.15) is 21.7 Å². The Morgan fingerprint density at radius 1 is 1.19 bits per heavy atom. The van der Waals surface area contributed by atoms with Gasteiger partial charge >= 0.3 is 0 Å². The van der Waals surface area contributed by atoms with Crippen molar-refractivity contribution in [2.75, 3.05) is 12.0 Å². The van der Waals surface area contributed by atoms with Crippen LogP contribution in [0.1, 0.15) is 49.7 Å². The lowest BCUT2D eigenvalue weighted by molar-refractivity contribution is 0.427. The van der Waals surface area contributed by atoms with Crippen LogP contribution in [-0.4, -0.2) is 21.2 Å². The minimum Gasteiger partial charge on any atom is -0.368 e. The number of nitrogen functional groups attached to an aromatic ring is 1. The lowest BCUT2D eigenvalue weighted by Crippen LogP contribution is -2.13. The van der Waals surface area contributed by atoms with E-state index in [1.165, 1.54) is 32.1 Å². The van der Waals surface area contributed by atoms with E-state index in [-0.39, 0.29) is 0 Å².